The van der Waals surface area contributed by atoms with E-state index in [1.54, 1.807) is 0 Å². The van der Waals surface area contributed by atoms with Crippen LogP contribution in [0, 0.1) is 0 Å². The lowest BCUT2D eigenvalue weighted by molar-refractivity contribution is -0.0263. The lowest BCUT2D eigenvalue weighted by atomic mass is 10.9. The van der Waals surface area contributed by atoms with Crippen LogP contribution >= 0.6 is 8.73 Å². The maximum absolute atomic E-state index is 5.00. The Morgan fingerprint density at radius 2 is 2.67 bits per heavy atom. The van der Waals surface area contributed by atoms with Gasteiger partial charge in [-0.05, 0) is 15.7 Å². The van der Waals surface area contributed by atoms with E-state index in [2.05, 4.69) is 0 Å². The van der Waals surface area contributed by atoms with Crippen molar-refractivity contribution >= 4 is 8.73 Å². The molecule has 2 nitrogen and oxygen atoms in total. The zero-order valence-electron chi connectivity index (χ0n) is 3.77. The van der Waals surface area contributed by atoms with Crippen molar-refractivity contribution in [2.24, 2.45) is 0 Å². The molecule has 1 heterocycles. The van der Waals surface area contributed by atoms with E-state index < -0.39 is 0 Å². The predicted octanol–water partition coefficient (Wildman–Crippen LogP) is 0.804. The Balaban J connectivity index is 1.88. The first kappa shape index (κ1) is 4.51. The molecule has 0 aromatic heterocycles. The molecule has 0 aromatic carbocycles. The molecule has 1 saturated heterocycles. The second-order valence-electron chi connectivity index (χ2n) is 1.11. The minimum Gasteiger partial charge on any atom is -0.295 e. The Bertz CT molecular complexity index is 46.1. The van der Waals surface area contributed by atoms with Crippen molar-refractivity contribution in [3.05, 3.63) is 0 Å². The lowest BCUT2D eigenvalue weighted by Crippen LogP contribution is -1.93. The third-order valence-electron chi connectivity index (χ3n) is 0.572. The minimum atomic E-state index is 0.826. The van der Waals surface area contributed by atoms with E-state index in [0.717, 1.165) is 21.6 Å². The van der Waals surface area contributed by atoms with Gasteiger partial charge >= 0.3 is 0 Å². The van der Waals surface area contributed by atoms with E-state index in [9.17, 15) is 0 Å². The van der Waals surface area contributed by atoms with Crippen molar-refractivity contribution in [3.63, 3.8) is 0 Å². The first-order valence-corrected chi connectivity index (χ1v) is 3.23. The molecule has 1 aliphatic heterocycles. The van der Waals surface area contributed by atoms with Crippen LogP contribution in [0.25, 0.3) is 0 Å². The summed E-state index contributed by atoms with van der Waals surface area (Å²) in [4.78, 5) is 6.96. The first-order chi connectivity index (χ1) is 2.93. The van der Waals surface area contributed by atoms with Crippen LogP contribution < -0.4 is 0 Å². The van der Waals surface area contributed by atoms with Crippen molar-refractivity contribution in [1.82, 2.24) is 4.83 Å². The maximum atomic E-state index is 5.00. The molecule has 0 spiro atoms. The Morgan fingerprint density at radius 3 is 2.83 bits per heavy atom. The normalized spacial score (nSPS) is 34.5. The van der Waals surface area contributed by atoms with Gasteiger partial charge in [-0.3, -0.25) is 4.84 Å². The third-order valence-corrected chi connectivity index (χ3v) is 1.28. The van der Waals surface area contributed by atoms with Gasteiger partial charge in [-0.1, -0.05) is 0 Å². The zero-order valence-corrected chi connectivity index (χ0v) is 4.77. The molecule has 0 N–H and O–H groups in total. The molecule has 0 aromatic rings. The van der Waals surface area contributed by atoms with Gasteiger partial charge in [-0.15, -0.1) is 0 Å². The molecular weight excluding hydrogens is 97.0 g/mol. The van der Waals surface area contributed by atoms with Gasteiger partial charge in [0.15, 0.2) is 0 Å². The van der Waals surface area contributed by atoms with Crippen LogP contribution in [-0.4, -0.2) is 17.7 Å². The third kappa shape index (κ3) is 1.21. The molecule has 0 radical (unpaired) electrons. The lowest BCUT2D eigenvalue weighted by Gasteiger charge is -1.92. The molecule has 0 saturated carbocycles. The van der Waals surface area contributed by atoms with Crippen molar-refractivity contribution in [2.45, 2.75) is 6.92 Å². The summed E-state index contributed by atoms with van der Waals surface area (Å²) in [6.07, 6.45) is 1.16. The van der Waals surface area contributed by atoms with Crippen molar-refractivity contribution < 1.29 is 4.84 Å². The van der Waals surface area contributed by atoms with Crippen molar-refractivity contribution in [1.29, 1.82) is 0 Å². The van der Waals surface area contributed by atoms with Gasteiger partial charge in [-0.2, -0.15) is 4.83 Å². The van der Waals surface area contributed by atoms with Crippen molar-refractivity contribution in [3.8, 4) is 0 Å². The monoisotopic (exact) mass is 105 g/mol. The molecule has 0 bridgehead atoms. The highest BCUT2D eigenvalue weighted by Crippen LogP contribution is 2.35. The summed E-state index contributed by atoms with van der Waals surface area (Å²) in [5.74, 6) is 0. The van der Waals surface area contributed by atoms with Crippen LogP contribution in [0.3, 0.4) is 0 Å². The van der Waals surface area contributed by atoms with Crippen LogP contribution in [0.4, 0.5) is 0 Å². The molecule has 3 heteroatoms. The molecule has 2 unspecified atom stereocenters. The summed E-state index contributed by atoms with van der Waals surface area (Å²) in [7, 11) is 0.942. The number of hydrogen-bond donors (Lipinski definition) is 0. The molecule has 0 amide bonds. The Labute approximate surface area is 39.3 Å². The average molecular weight is 105 g/mol. The molecule has 36 valence electrons. The van der Waals surface area contributed by atoms with Gasteiger partial charge in [0.1, 0.15) is 0 Å². The summed E-state index contributed by atoms with van der Waals surface area (Å²) < 4.78 is 0. The van der Waals surface area contributed by atoms with E-state index >= 15 is 0 Å². The van der Waals surface area contributed by atoms with E-state index in [-0.39, 0.29) is 0 Å². The van der Waals surface area contributed by atoms with Gasteiger partial charge in [0.05, 0.1) is 12.9 Å². The fourth-order valence-electron chi connectivity index (χ4n) is 0.276. The second kappa shape index (κ2) is 1.87. The van der Waals surface area contributed by atoms with E-state index in [4.69, 9.17) is 4.84 Å². The highest BCUT2D eigenvalue weighted by Gasteiger charge is 2.16. The summed E-state index contributed by atoms with van der Waals surface area (Å²) >= 11 is 0. The minimum absolute atomic E-state index is 0.826. The standard InChI is InChI=1S/C3H8NOP/c1-2-5-4-3-6-4/h6H,2-3H2,1H3. The fourth-order valence-corrected chi connectivity index (χ4v) is 0.645. The predicted molar refractivity (Wildman–Crippen MR) is 26.6 cm³/mol. The number of hydrogen-bond acceptors (Lipinski definition) is 2. The summed E-state index contributed by atoms with van der Waals surface area (Å²) in [5, 5.41) is 0. The van der Waals surface area contributed by atoms with Gasteiger partial charge < -0.3 is 0 Å². The van der Waals surface area contributed by atoms with Crippen LogP contribution in [-0.2, 0) is 4.84 Å². The smallest absolute Gasteiger partial charge is 0.0660 e. The quantitative estimate of drug-likeness (QED) is 0.380. The first-order valence-electron chi connectivity index (χ1n) is 2.07. The largest absolute Gasteiger partial charge is 0.295 e. The topological polar surface area (TPSA) is 12.2 Å². The van der Waals surface area contributed by atoms with E-state index in [0.29, 0.717) is 0 Å². The summed E-state index contributed by atoms with van der Waals surface area (Å²) in [5.41, 5.74) is 0. The fraction of sp³-hybridized carbons (Fsp3) is 1.00. The highest BCUT2D eigenvalue weighted by atomic mass is 31.1. The average Bonchev–Trinajstić information content (AvgIpc) is 2.21. The van der Waals surface area contributed by atoms with E-state index in [1.165, 1.54) is 0 Å². The molecular formula is C3H8NOP. The highest BCUT2D eigenvalue weighted by molar-refractivity contribution is 7.42. The molecule has 1 aliphatic rings. The molecule has 1 fully saturated rings. The Kier molecular flexibility index (Phi) is 1.41. The summed E-state index contributed by atoms with van der Waals surface area (Å²) in [6, 6.07) is 0. The van der Waals surface area contributed by atoms with Crippen LogP contribution in [0.5, 0.6) is 0 Å². The molecule has 6 heavy (non-hydrogen) atoms. The van der Waals surface area contributed by atoms with Gasteiger partial charge in [0, 0.05) is 0 Å². The number of hydroxylamine groups is 1. The van der Waals surface area contributed by atoms with Crippen LogP contribution in [0.2, 0.25) is 0 Å². The van der Waals surface area contributed by atoms with Gasteiger partial charge in [0.25, 0.3) is 0 Å². The zero-order chi connectivity index (χ0) is 4.41. The Morgan fingerprint density at radius 1 is 2.00 bits per heavy atom. The summed E-state index contributed by atoms with van der Waals surface area (Å²) in [6.45, 7) is 2.83. The van der Waals surface area contributed by atoms with Gasteiger partial charge in [0.2, 0.25) is 0 Å². The van der Waals surface area contributed by atoms with Gasteiger partial charge in [-0.25, -0.2) is 0 Å². The number of nitrogens with zero attached hydrogens (tertiary/aromatic N) is 1. The second-order valence-corrected chi connectivity index (χ2v) is 2.24. The molecule has 1 rings (SSSR count). The molecule has 2 atom stereocenters. The SMILES string of the molecule is CCON1CP1. The van der Waals surface area contributed by atoms with Crippen molar-refractivity contribution in [2.75, 3.05) is 12.9 Å². The maximum Gasteiger partial charge on any atom is 0.0660 e. The van der Waals surface area contributed by atoms with Crippen LogP contribution in [0.15, 0.2) is 0 Å². The van der Waals surface area contributed by atoms with E-state index in [1.807, 2.05) is 11.8 Å². The van der Waals surface area contributed by atoms with Crippen LogP contribution in [0.1, 0.15) is 6.92 Å². The molecule has 0 aliphatic carbocycles. The number of rotatable bonds is 2. The Hall–Kier alpha value is 0.350.